The molecule has 0 bridgehead atoms. The zero-order chi connectivity index (χ0) is 25.9. The van der Waals surface area contributed by atoms with E-state index in [1.54, 1.807) is 74.2 Å². The van der Waals surface area contributed by atoms with Crippen molar-refractivity contribution < 1.29 is 27.9 Å². The van der Waals surface area contributed by atoms with Crippen LogP contribution in [0.15, 0.2) is 48.5 Å². The topological polar surface area (TPSA) is 101 Å². The van der Waals surface area contributed by atoms with Crippen LogP contribution in [0.5, 0.6) is 0 Å². The Labute approximate surface area is 215 Å². The van der Waals surface area contributed by atoms with Crippen LogP contribution >= 0.6 is 23.2 Å². The zero-order valence-electron chi connectivity index (χ0n) is 19.7. The molecule has 1 heterocycles. The summed E-state index contributed by atoms with van der Waals surface area (Å²) in [5, 5.41) is 9.87. The fourth-order valence-corrected chi connectivity index (χ4v) is 5.66. The fraction of sp³-hybridized carbons (Fsp3) is 0.440. The van der Waals surface area contributed by atoms with E-state index in [1.165, 1.54) is 0 Å². The SMILES string of the molecule is CC(C)S(=O)(=O)CC[C@H](C)N1C(=O)[C@@H](CC(=O)O)O[C@H](c2cccc(Cl)c2)[C@H]1c1ccc(Cl)cc1. The highest BCUT2D eigenvalue weighted by molar-refractivity contribution is 7.91. The average Bonchev–Trinajstić information content (AvgIpc) is 2.78. The Morgan fingerprint density at radius 1 is 1.06 bits per heavy atom. The number of aliphatic carboxylic acids is 1. The third kappa shape index (κ3) is 6.55. The Kier molecular flexibility index (Phi) is 8.86. The van der Waals surface area contributed by atoms with Crippen molar-refractivity contribution in [3.8, 4) is 0 Å². The first-order chi connectivity index (χ1) is 16.4. The normalized spacial score (nSPS) is 21.8. The molecule has 0 radical (unpaired) electrons. The lowest BCUT2D eigenvalue weighted by molar-refractivity contribution is -0.182. The summed E-state index contributed by atoms with van der Waals surface area (Å²) in [6.07, 6.45) is -2.29. The molecule has 190 valence electrons. The molecule has 1 fully saturated rings. The van der Waals surface area contributed by atoms with Crippen molar-refractivity contribution in [3.63, 3.8) is 0 Å². The van der Waals surface area contributed by atoms with E-state index < -0.39 is 57.7 Å². The molecular weight excluding hydrogens is 513 g/mol. The van der Waals surface area contributed by atoms with Gasteiger partial charge in [-0.05, 0) is 62.6 Å². The minimum absolute atomic E-state index is 0.102. The molecule has 1 N–H and O–H groups in total. The molecule has 0 aromatic heterocycles. The first kappa shape index (κ1) is 27.5. The van der Waals surface area contributed by atoms with E-state index in [2.05, 4.69) is 0 Å². The molecule has 2 aromatic carbocycles. The molecule has 0 unspecified atom stereocenters. The molecule has 1 aliphatic rings. The highest BCUT2D eigenvalue weighted by Gasteiger charge is 2.46. The molecule has 3 rings (SSSR count). The molecular formula is C25H29Cl2NO6S. The van der Waals surface area contributed by atoms with Gasteiger partial charge in [0.25, 0.3) is 5.91 Å². The van der Waals surface area contributed by atoms with E-state index in [4.69, 9.17) is 27.9 Å². The van der Waals surface area contributed by atoms with Gasteiger partial charge < -0.3 is 14.7 Å². The number of ether oxygens (including phenoxy) is 1. The lowest BCUT2D eigenvalue weighted by Crippen LogP contribution is -2.54. The van der Waals surface area contributed by atoms with Crippen molar-refractivity contribution in [2.24, 2.45) is 0 Å². The Morgan fingerprint density at radius 3 is 2.29 bits per heavy atom. The van der Waals surface area contributed by atoms with Gasteiger partial charge in [-0.15, -0.1) is 0 Å². The van der Waals surface area contributed by atoms with E-state index >= 15 is 0 Å². The van der Waals surface area contributed by atoms with Crippen molar-refractivity contribution in [2.45, 2.75) is 63.2 Å². The third-order valence-electron chi connectivity index (χ3n) is 6.19. The lowest BCUT2D eigenvalue weighted by atomic mass is 9.89. The number of sulfone groups is 1. The molecule has 35 heavy (non-hydrogen) atoms. The number of carbonyl (C=O) groups is 2. The van der Waals surface area contributed by atoms with Crippen molar-refractivity contribution in [3.05, 3.63) is 69.7 Å². The van der Waals surface area contributed by atoms with E-state index in [-0.39, 0.29) is 12.2 Å². The maximum Gasteiger partial charge on any atom is 0.306 e. The Hall–Kier alpha value is -2.13. The van der Waals surface area contributed by atoms with Gasteiger partial charge >= 0.3 is 5.97 Å². The number of morpholine rings is 1. The van der Waals surface area contributed by atoms with Crippen LogP contribution in [0.3, 0.4) is 0 Å². The maximum atomic E-state index is 13.6. The van der Waals surface area contributed by atoms with Gasteiger partial charge in [-0.2, -0.15) is 0 Å². The first-order valence-corrected chi connectivity index (χ1v) is 13.8. The van der Waals surface area contributed by atoms with Gasteiger partial charge in [0.2, 0.25) is 0 Å². The number of rotatable bonds is 9. The predicted octanol–water partition coefficient (Wildman–Crippen LogP) is 5.08. The summed E-state index contributed by atoms with van der Waals surface area (Å²) >= 11 is 12.3. The van der Waals surface area contributed by atoms with Gasteiger partial charge in [0.1, 0.15) is 12.2 Å². The summed E-state index contributed by atoms with van der Waals surface area (Å²) in [6.45, 7) is 5.01. The van der Waals surface area contributed by atoms with E-state index in [0.717, 1.165) is 5.56 Å². The number of benzene rings is 2. The Balaban J connectivity index is 2.10. The van der Waals surface area contributed by atoms with Gasteiger partial charge in [0.15, 0.2) is 9.84 Å². The van der Waals surface area contributed by atoms with Crippen molar-refractivity contribution in [2.75, 3.05) is 5.75 Å². The summed E-state index contributed by atoms with van der Waals surface area (Å²) in [5.74, 6) is -1.77. The largest absolute Gasteiger partial charge is 0.481 e. The van der Waals surface area contributed by atoms with Crippen LogP contribution in [0.1, 0.15) is 56.9 Å². The van der Waals surface area contributed by atoms with Crippen LogP contribution < -0.4 is 0 Å². The number of amides is 1. The van der Waals surface area contributed by atoms with E-state index in [1.807, 2.05) is 0 Å². The number of carboxylic acid groups (broad SMARTS) is 1. The molecule has 0 spiro atoms. The second-order valence-electron chi connectivity index (χ2n) is 8.99. The van der Waals surface area contributed by atoms with E-state index in [9.17, 15) is 23.1 Å². The quantitative estimate of drug-likeness (QED) is 0.475. The number of hydrogen-bond acceptors (Lipinski definition) is 5. The zero-order valence-corrected chi connectivity index (χ0v) is 22.1. The van der Waals surface area contributed by atoms with Crippen LogP contribution in [-0.2, 0) is 24.2 Å². The second kappa shape index (κ2) is 11.3. The summed E-state index contributed by atoms with van der Waals surface area (Å²) < 4.78 is 31.1. The standard InChI is InChI=1S/C25H29Cl2NO6S/c1-15(2)35(32,33)12-11-16(3)28-23(17-7-9-19(26)10-8-17)24(18-5-4-6-20(27)13-18)34-21(25(28)31)14-22(29)30/h4-10,13,15-16,21,23-24H,11-12,14H2,1-3H3,(H,29,30)/t16-,21+,23+,24+/m0/s1. The average molecular weight is 542 g/mol. The maximum absolute atomic E-state index is 13.6. The molecule has 0 aliphatic carbocycles. The van der Waals surface area contributed by atoms with Crippen LogP contribution in [-0.4, -0.2) is 53.4 Å². The van der Waals surface area contributed by atoms with Crippen LogP contribution in [0.2, 0.25) is 10.0 Å². The van der Waals surface area contributed by atoms with Gasteiger partial charge in [0, 0.05) is 16.1 Å². The lowest BCUT2D eigenvalue weighted by Gasteiger charge is -2.47. The van der Waals surface area contributed by atoms with Crippen LogP contribution in [0, 0.1) is 0 Å². The number of carbonyl (C=O) groups excluding carboxylic acids is 1. The van der Waals surface area contributed by atoms with Crippen molar-refractivity contribution >= 4 is 44.9 Å². The van der Waals surface area contributed by atoms with Gasteiger partial charge in [-0.25, -0.2) is 8.42 Å². The fourth-order valence-electron chi connectivity index (χ4n) is 4.19. The van der Waals surface area contributed by atoms with Gasteiger partial charge in [-0.1, -0.05) is 47.5 Å². The minimum atomic E-state index is -3.34. The summed E-state index contributed by atoms with van der Waals surface area (Å²) in [6, 6.07) is 12.8. The smallest absolute Gasteiger partial charge is 0.306 e. The molecule has 10 heteroatoms. The molecule has 7 nitrogen and oxygen atoms in total. The first-order valence-electron chi connectivity index (χ1n) is 11.3. The molecule has 2 aromatic rings. The molecule has 1 amide bonds. The van der Waals surface area contributed by atoms with Crippen LogP contribution in [0.4, 0.5) is 0 Å². The van der Waals surface area contributed by atoms with E-state index in [0.29, 0.717) is 15.6 Å². The highest BCUT2D eigenvalue weighted by atomic mass is 35.5. The van der Waals surface area contributed by atoms with Gasteiger partial charge in [0.05, 0.1) is 23.5 Å². The number of carboxylic acids is 1. The van der Waals surface area contributed by atoms with Crippen molar-refractivity contribution in [1.82, 2.24) is 4.90 Å². The van der Waals surface area contributed by atoms with Gasteiger partial charge in [-0.3, -0.25) is 9.59 Å². The molecule has 4 atom stereocenters. The third-order valence-corrected chi connectivity index (χ3v) is 8.92. The summed E-state index contributed by atoms with van der Waals surface area (Å²) in [7, 11) is -3.34. The highest BCUT2D eigenvalue weighted by Crippen LogP contribution is 2.44. The number of hydrogen-bond donors (Lipinski definition) is 1. The second-order valence-corrected chi connectivity index (χ2v) is 12.5. The number of halogens is 2. The summed E-state index contributed by atoms with van der Waals surface area (Å²) in [4.78, 5) is 26.7. The Bertz CT molecular complexity index is 1170. The number of nitrogens with zero attached hydrogens (tertiary/aromatic N) is 1. The van der Waals surface area contributed by atoms with Crippen molar-refractivity contribution in [1.29, 1.82) is 0 Å². The monoisotopic (exact) mass is 541 g/mol. The summed E-state index contributed by atoms with van der Waals surface area (Å²) in [5.41, 5.74) is 1.40. The van der Waals surface area contributed by atoms with Crippen LogP contribution in [0.25, 0.3) is 0 Å². The molecule has 1 aliphatic heterocycles. The molecule has 1 saturated heterocycles. The molecule has 0 saturated carbocycles. The Morgan fingerprint density at radius 2 is 1.71 bits per heavy atom. The predicted molar refractivity (Wildman–Crippen MR) is 135 cm³/mol. The minimum Gasteiger partial charge on any atom is -0.481 e.